The Bertz CT molecular complexity index is 582. The molecule has 2 amide bonds. The van der Waals surface area contributed by atoms with Crippen LogP contribution in [-0.4, -0.2) is 42.2 Å². The Morgan fingerprint density at radius 3 is 2.80 bits per heavy atom. The highest BCUT2D eigenvalue weighted by Crippen LogP contribution is 2.18. The molecule has 7 nitrogen and oxygen atoms in total. The van der Waals surface area contributed by atoms with Gasteiger partial charge in [0.15, 0.2) is 9.84 Å². The van der Waals surface area contributed by atoms with Gasteiger partial charge in [-0.15, -0.1) is 10.2 Å². The first-order valence-electron chi connectivity index (χ1n) is 6.44. The number of amides is 2. The zero-order valence-corrected chi connectivity index (χ0v) is 13.1. The van der Waals surface area contributed by atoms with Crippen molar-refractivity contribution in [2.24, 2.45) is 5.92 Å². The number of rotatable bonds is 4. The van der Waals surface area contributed by atoms with Gasteiger partial charge in [0.1, 0.15) is 5.01 Å². The van der Waals surface area contributed by atoms with Crippen LogP contribution in [0.4, 0.5) is 9.93 Å². The number of carbonyl (C=O) groups is 1. The number of sulfone groups is 1. The van der Waals surface area contributed by atoms with Gasteiger partial charge in [-0.1, -0.05) is 25.2 Å². The summed E-state index contributed by atoms with van der Waals surface area (Å²) in [5.74, 6) is 0.623. The van der Waals surface area contributed by atoms with Crippen LogP contribution in [0.5, 0.6) is 0 Å². The molecule has 1 aromatic heterocycles. The molecule has 0 aromatic carbocycles. The maximum absolute atomic E-state index is 11.7. The molecule has 0 saturated carbocycles. The number of carbonyl (C=O) groups excluding carboxylic acids is 1. The van der Waals surface area contributed by atoms with Gasteiger partial charge in [0.2, 0.25) is 5.13 Å². The topological polar surface area (TPSA) is 101 Å². The summed E-state index contributed by atoms with van der Waals surface area (Å²) in [5, 5.41) is 14.4. The van der Waals surface area contributed by atoms with Gasteiger partial charge in [-0.25, -0.2) is 13.2 Å². The normalized spacial score (nSPS) is 21.1. The van der Waals surface area contributed by atoms with Crippen LogP contribution in [0.2, 0.25) is 0 Å². The minimum atomic E-state index is -2.99. The predicted molar refractivity (Wildman–Crippen MR) is 77.7 cm³/mol. The fraction of sp³-hybridized carbons (Fsp3) is 0.727. The van der Waals surface area contributed by atoms with Crippen molar-refractivity contribution in [2.75, 3.05) is 16.8 Å². The Morgan fingerprint density at radius 1 is 1.45 bits per heavy atom. The largest absolute Gasteiger partial charge is 0.334 e. The molecule has 0 bridgehead atoms. The zero-order valence-electron chi connectivity index (χ0n) is 11.4. The van der Waals surface area contributed by atoms with Gasteiger partial charge >= 0.3 is 6.03 Å². The lowest BCUT2D eigenvalue weighted by atomic mass is 10.1. The highest BCUT2D eigenvalue weighted by atomic mass is 32.2. The number of nitrogens with one attached hydrogen (secondary N) is 2. The second kappa shape index (κ2) is 6.04. The second-order valence-corrected chi connectivity index (χ2v) is 8.59. The Hall–Kier alpha value is -1.22. The van der Waals surface area contributed by atoms with E-state index in [0.29, 0.717) is 17.5 Å². The van der Waals surface area contributed by atoms with E-state index in [9.17, 15) is 13.2 Å². The van der Waals surface area contributed by atoms with Crippen LogP contribution in [-0.2, 0) is 16.3 Å². The number of urea groups is 1. The SMILES string of the molecule is CC(C)Cc1nnc(NC(=O)N[C@H]2CCS(=O)(=O)C2)s1. The van der Waals surface area contributed by atoms with E-state index < -0.39 is 15.9 Å². The van der Waals surface area contributed by atoms with Crippen molar-refractivity contribution in [3.8, 4) is 0 Å². The average molecular weight is 318 g/mol. The lowest BCUT2D eigenvalue weighted by molar-refractivity contribution is 0.249. The van der Waals surface area contributed by atoms with Crippen LogP contribution in [0.15, 0.2) is 0 Å². The molecule has 1 aromatic rings. The van der Waals surface area contributed by atoms with Gasteiger partial charge in [-0.3, -0.25) is 5.32 Å². The molecule has 2 N–H and O–H groups in total. The van der Waals surface area contributed by atoms with Gasteiger partial charge in [-0.2, -0.15) is 0 Å². The fourth-order valence-corrected chi connectivity index (χ4v) is 4.58. The monoisotopic (exact) mass is 318 g/mol. The summed E-state index contributed by atoms with van der Waals surface area (Å²) < 4.78 is 22.6. The molecule has 0 radical (unpaired) electrons. The zero-order chi connectivity index (χ0) is 14.8. The van der Waals surface area contributed by atoms with Gasteiger partial charge in [0, 0.05) is 12.5 Å². The molecular formula is C11H18N4O3S2. The van der Waals surface area contributed by atoms with Gasteiger partial charge in [-0.05, 0) is 12.3 Å². The minimum absolute atomic E-state index is 0.00907. The van der Waals surface area contributed by atoms with Gasteiger partial charge in [0.05, 0.1) is 11.5 Å². The molecule has 1 atom stereocenters. The molecule has 20 heavy (non-hydrogen) atoms. The predicted octanol–water partition coefficient (Wildman–Crippen LogP) is 1.05. The van der Waals surface area contributed by atoms with Crippen LogP contribution in [0.1, 0.15) is 25.3 Å². The van der Waals surface area contributed by atoms with Crippen molar-refractivity contribution in [3.63, 3.8) is 0 Å². The summed E-state index contributed by atoms with van der Waals surface area (Å²) in [4.78, 5) is 11.7. The first kappa shape index (κ1) is 15.2. The molecule has 2 rings (SSSR count). The number of anilines is 1. The summed E-state index contributed by atoms with van der Waals surface area (Å²) in [5.41, 5.74) is 0. The Kier molecular flexibility index (Phi) is 4.59. The minimum Gasteiger partial charge on any atom is -0.334 e. The molecule has 1 aliphatic rings. The van der Waals surface area contributed by atoms with E-state index in [1.807, 2.05) is 0 Å². The van der Waals surface area contributed by atoms with E-state index in [1.165, 1.54) is 11.3 Å². The van der Waals surface area contributed by atoms with Crippen molar-refractivity contribution >= 4 is 32.3 Å². The van der Waals surface area contributed by atoms with Crippen LogP contribution in [0, 0.1) is 5.92 Å². The molecule has 1 saturated heterocycles. The Labute approximate surface area is 122 Å². The maximum atomic E-state index is 11.7. The van der Waals surface area contributed by atoms with Gasteiger partial charge < -0.3 is 5.32 Å². The van der Waals surface area contributed by atoms with Crippen LogP contribution >= 0.6 is 11.3 Å². The summed E-state index contributed by atoms with van der Waals surface area (Å²) in [6, 6.07) is -0.748. The van der Waals surface area contributed by atoms with Crippen LogP contribution in [0.3, 0.4) is 0 Å². The highest BCUT2D eigenvalue weighted by Gasteiger charge is 2.29. The van der Waals surface area contributed by atoms with Gasteiger partial charge in [0.25, 0.3) is 0 Å². The van der Waals surface area contributed by atoms with Crippen molar-refractivity contribution in [1.29, 1.82) is 0 Å². The molecule has 0 aliphatic carbocycles. The number of aromatic nitrogens is 2. The summed E-state index contributed by atoms with van der Waals surface area (Å²) in [6.45, 7) is 4.17. The number of hydrogen-bond donors (Lipinski definition) is 2. The van der Waals surface area contributed by atoms with E-state index in [2.05, 4.69) is 34.7 Å². The fourth-order valence-electron chi connectivity index (χ4n) is 1.96. The van der Waals surface area contributed by atoms with Crippen molar-refractivity contribution in [3.05, 3.63) is 5.01 Å². The first-order chi connectivity index (χ1) is 9.34. The summed E-state index contributed by atoms with van der Waals surface area (Å²) >= 11 is 1.33. The van der Waals surface area contributed by atoms with Crippen LogP contribution in [0.25, 0.3) is 0 Å². The third-order valence-electron chi connectivity index (χ3n) is 2.84. The van der Waals surface area contributed by atoms with Crippen molar-refractivity contribution < 1.29 is 13.2 Å². The molecule has 112 valence electrons. The third kappa shape index (κ3) is 4.41. The molecule has 9 heteroatoms. The maximum Gasteiger partial charge on any atom is 0.321 e. The van der Waals surface area contributed by atoms with Crippen LogP contribution < -0.4 is 10.6 Å². The Balaban J connectivity index is 1.84. The smallest absolute Gasteiger partial charge is 0.321 e. The quantitative estimate of drug-likeness (QED) is 0.864. The first-order valence-corrected chi connectivity index (χ1v) is 9.08. The van der Waals surface area contributed by atoms with E-state index >= 15 is 0 Å². The van der Waals surface area contributed by atoms with E-state index in [0.717, 1.165) is 11.4 Å². The molecular weight excluding hydrogens is 300 g/mol. The molecule has 0 unspecified atom stereocenters. The molecule has 0 spiro atoms. The second-order valence-electron chi connectivity index (χ2n) is 5.30. The van der Waals surface area contributed by atoms with Crippen molar-refractivity contribution in [2.45, 2.75) is 32.7 Å². The number of nitrogens with zero attached hydrogens (tertiary/aromatic N) is 2. The summed E-state index contributed by atoms with van der Waals surface area (Å²) in [6.07, 6.45) is 1.28. The lowest BCUT2D eigenvalue weighted by Crippen LogP contribution is -2.38. The average Bonchev–Trinajstić information content (AvgIpc) is 2.85. The lowest BCUT2D eigenvalue weighted by Gasteiger charge is -2.10. The number of hydrogen-bond acceptors (Lipinski definition) is 6. The molecule has 1 fully saturated rings. The standard InChI is InChI=1S/C11H18N4O3S2/c1-7(2)5-9-14-15-11(19-9)13-10(16)12-8-3-4-20(17,18)6-8/h7-8H,3-6H2,1-2H3,(H2,12,13,15,16)/t8-/m0/s1. The molecule has 2 heterocycles. The molecule has 1 aliphatic heterocycles. The van der Waals surface area contributed by atoms with E-state index in [4.69, 9.17) is 0 Å². The van der Waals surface area contributed by atoms with Crippen molar-refractivity contribution in [1.82, 2.24) is 15.5 Å². The summed E-state index contributed by atoms with van der Waals surface area (Å²) in [7, 11) is -2.99. The van der Waals surface area contributed by atoms with E-state index in [1.54, 1.807) is 0 Å². The Morgan fingerprint density at radius 2 is 2.20 bits per heavy atom. The van der Waals surface area contributed by atoms with E-state index in [-0.39, 0.29) is 17.5 Å². The third-order valence-corrected chi connectivity index (χ3v) is 5.47. The highest BCUT2D eigenvalue weighted by molar-refractivity contribution is 7.91.